The fourth-order valence-electron chi connectivity index (χ4n) is 3.49. The van der Waals surface area contributed by atoms with Gasteiger partial charge in [0.25, 0.3) is 0 Å². The molecule has 140 valence electrons. The Morgan fingerprint density at radius 3 is 2.65 bits per heavy atom. The van der Waals surface area contributed by atoms with Crippen molar-refractivity contribution in [2.24, 2.45) is 11.8 Å². The number of carbonyl (C=O) groups excluding carboxylic acids is 3. The van der Waals surface area contributed by atoms with Crippen LogP contribution in [-0.4, -0.2) is 23.7 Å². The average Bonchev–Trinajstić information content (AvgIpc) is 2.95. The molecule has 1 aliphatic rings. The topological polar surface area (TPSA) is 86.3 Å². The highest BCUT2D eigenvalue weighted by Crippen LogP contribution is 2.34. The molecule has 1 amide bonds. The number of carboxylic acid groups (broad SMARTS) is 1. The van der Waals surface area contributed by atoms with Gasteiger partial charge in [-0.2, -0.15) is 0 Å². The molecular weight excluding hydrogens is 330 g/mol. The molecule has 5 heteroatoms. The second kappa shape index (κ2) is 9.90. The molecule has 5 nitrogen and oxygen atoms in total. The van der Waals surface area contributed by atoms with Crippen molar-refractivity contribution >= 4 is 17.7 Å². The molecule has 0 saturated heterocycles. The molecule has 26 heavy (non-hydrogen) atoms. The summed E-state index contributed by atoms with van der Waals surface area (Å²) in [5, 5.41) is 13.9. The lowest BCUT2D eigenvalue weighted by molar-refractivity contribution is -0.308. The second-order valence-electron chi connectivity index (χ2n) is 6.82. The zero-order valence-corrected chi connectivity index (χ0v) is 15.1. The van der Waals surface area contributed by atoms with Crippen LogP contribution >= 0.6 is 0 Å². The van der Waals surface area contributed by atoms with Gasteiger partial charge >= 0.3 is 0 Å². The summed E-state index contributed by atoms with van der Waals surface area (Å²) in [5.74, 6) is -1.60. The van der Waals surface area contributed by atoms with Crippen LogP contribution < -0.4 is 10.4 Å². The summed E-state index contributed by atoms with van der Waals surface area (Å²) >= 11 is 0. The molecule has 1 fully saturated rings. The van der Waals surface area contributed by atoms with E-state index < -0.39 is 12.0 Å². The Hall–Kier alpha value is -2.43. The molecule has 1 aromatic rings. The molecule has 1 aromatic carbocycles. The van der Waals surface area contributed by atoms with E-state index in [-0.39, 0.29) is 36.4 Å². The van der Waals surface area contributed by atoms with Crippen LogP contribution in [0.3, 0.4) is 0 Å². The number of hydrogen-bond acceptors (Lipinski definition) is 4. The highest BCUT2D eigenvalue weighted by molar-refractivity contribution is 5.86. The molecule has 2 rings (SSSR count). The lowest BCUT2D eigenvalue weighted by Gasteiger charge is -2.22. The van der Waals surface area contributed by atoms with E-state index in [1.165, 1.54) is 0 Å². The number of Topliss-reactive ketones (excluding diaryl/α,β-unsaturated/α-hetero) is 1. The number of hydrogen-bond donors (Lipinski definition) is 1. The van der Waals surface area contributed by atoms with Crippen molar-refractivity contribution in [3.05, 3.63) is 48.0 Å². The van der Waals surface area contributed by atoms with Gasteiger partial charge in [0.2, 0.25) is 5.91 Å². The summed E-state index contributed by atoms with van der Waals surface area (Å²) in [6.07, 6.45) is 7.13. The van der Waals surface area contributed by atoms with Crippen LogP contribution in [0.2, 0.25) is 0 Å². The first-order chi connectivity index (χ1) is 12.5. The lowest BCUT2D eigenvalue weighted by atomic mass is 9.89. The van der Waals surface area contributed by atoms with Crippen LogP contribution in [0.1, 0.15) is 44.6 Å². The van der Waals surface area contributed by atoms with Crippen LogP contribution in [0.5, 0.6) is 0 Å². The third-order valence-electron chi connectivity index (χ3n) is 4.89. The fourth-order valence-corrected chi connectivity index (χ4v) is 3.49. The Balaban J connectivity index is 1.93. The Morgan fingerprint density at radius 1 is 1.27 bits per heavy atom. The molecule has 0 aliphatic heterocycles. The number of carbonyl (C=O) groups is 3. The summed E-state index contributed by atoms with van der Waals surface area (Å²) < 4.78 is 0. The molecule has 1 saturated carbocycles. The Bertz CT molecular complexity index is 653. The summed E-state index contributed by atoms with van der Waals surface area (Å²) in [4.78, 5) is 35.8. The van der Waals surface area contributed by atoms with Crippen molar-refractivity contribution in [3.8, 4) is 0 Å². The normalized spacial score (nSPS) is 21.0. The van der Waals surface area contributed by atoms with E-state index in [0.29, 0.717) is 19.3 Å². The molecular formula is C21H26NO4-. The van der Waals surface area contributed by atoms with Gasteiger partial charge in [-0.25, -0.2) is 0 Å². The van der Waals surface area contributed by atoms with Gasteiger partial charge in [-0.1, -0.05) is 49.4 Å². The van der Waals surface area contributed by atoms with E-state index in [1.807, 2.05) is 49.4 Å². The van der Waals surface area contributed by atoms with Gasteiger partial charge in [0.15, 0.2) is 0 Å². The lowest BCUT2D eigenvalue weighted by Crippen LogP contribution is -2.49. The molecule has 1 aliphatic carbocycles. The first-order valence-electron chi connectivity index (χ1n) is 9.23. The van der Waals surface area contributed by atoms with E-state index in [4.69, 9.17) is 0 Å². The molecule has 0 bridgehead atoms. The predicted molar refractivity (Wildman–Crippen MR) is 97.0 cm³/mol. The Kier molecular flexibility index (Phi) is 7.57. The van der Waals surface area contributed by atoms with Crippen molar-refractivity contribution in [2.75, 3.05) is 0 Å². The van der Waals surface area contributed by atoms with Crippen LogP contribution in [-0.2, 0) is 20.8 Å². The maximum absolute atomic E-state index is 12.4. The number of carboxylic acids is 1. The summed E-state index contributed by atoms with van der Waals surface area (Å²) in [7, 11) is 0. The zero-order valence-electron chi connectivity index (χ0n) is 15.1. The largest absolute Gasteiger partial charge is 0.548 e. The molecule has 0 unspecified atom stereocenters. The van der Waals surface area contributed by atoms with Crippen molar-refractivity contribution in [3.63, 3.8) is 0 Å². The number of nitrogens with one attached hydrogen (secondary N) is 1. The highest BCUT2D eigenvalue weighted by atomic mass is 16.4. The third-order valence-corrected chi connectivity index (χ3v) is 4.89. The van der Waals surface area contributed by atoms with Gasteiger partial charge in [-0.3, -0.25) is 9.59 Å². The van der Waals surface area contributed by atoms with Crippen LogP contribution in [0.25, 0.3) is 0 Å². The molecule has 0 spiro atoms. The minimum Gasteiger partial charge on any atom is -0.548 e. The molecule has 0 radical (unpaired) electrons. The van der Waals surface area contributed by atoms with Crippen molar-refractivity contribution in [1.29, 1.82) is 0 Å². The van der Waals surface area contributed by atoms with Gasteiger partial charge in [0.1, 0.15) is 5.78 Å². The maximum atomic E-state index is 12.4. The van der Waals surface area contributed by atoms with Crippen molar-refractivity contribution < 1.29 is 19.5 Å². The number of rotatable bonds is 9. The molecule has 1 N–H and O–H groups in total. The third kappa shape index (κ3) is 5.83. The SMILES string of the molecule is CC/C=C\C[C@@H]1C(=O)CC[C@@H]1CC(=O)N[C@@H](Cc1ccccc1)C(=O)[O-]. The van der Waals surface area contributed by atoms with Crippen molar-refractivity contribution in [1.82, 2.24) is 5.32 Å². The van der Waals surface area contributed by atoms with Crippen LogP contribution in [0.4, 0.5) is 0 Å². The minimum absolute atomic E-state index is 0.0249. The van der Waals surface area contributed by atoms with E-state index in [9.17, 15) is 19.5 Å². The number of aliphatic carboxylic acids is 1. The van der Waals surface area contributed by atoms with E-state index >= 15 is 0 Å². The summed E-state index contributed by atoms with van der Waals surface area (Å²) in [5.41, 5.74) is 0.820. The molecule has 0 heterocycles. The monoisotopic (exact) mass is 356 g/mol. The van der Waals surface area contributed by atoms with E-state index in [1.54, 1.807) is 0 Å². The second-order valence-corrected chi connectivity index (χ2v) is 6.82. The first-order valence-corrected chi connectivity index (χ1v) is 9.23. The Labute approximate surface area is 154 Å². The molecule has 0 aromatic heterocycles. The molecule has 3 atom stereocenters. The van der Waals surface area contributed by atoms with Gasteiger partial charge in [0.05, 0.1) is 12.0 Å². The van der Waals surface area contributed by atoms with Gasteiger partial charge in [-0.05, 0) is 37.2 Å². The predicted octanol–water partition coefficient (Wildman–Crippen LogP) is 1.81. The summed E-state index contributed by atoms with van der Waals surface area (Å²) in [6, 6.07) is 8.05. The number of benzene rings is 1. The smallest absolute Gasteiger partial charge is 0.220 e. The number of amides is 1. The van der Waals surface area contributed by atoms with E-state index in [2.05, 4.69) is 5.32 Å². The van der Waals surface area contributed by atoms with Crippen molar-refractivity contribution in [2.45, 2.75) is 51.5 Å². The van der Waals surface area contributed by atoms with Gasteiger partial charge < -0.3 is 15.2 Å². The number of allylic oxidation sites excluding steroid dienone is 2. The minimum atomic E-state index is -1.30. The summed E-state index contributed by atoms with van der Waals surface area (Å²) in [6.45, 7) is 2.03. The van der Waals surface area contributed by atoms with Gasteiger partial charge in [-0.15, -0.1) is 0 Å². The standard InChI is InChI=1S/C21H27NO4/c1-2-3-5-10-17-16(11-12-19(17)23)14-20(24)22-18(21(25)26)13-15-8-6-4-7-9-15/h3-9,16-18H,2,10-14H2,1H3,(H,22,24)(H,25,26)/p-1/b5-3-/t16-,17+,18+/m1/s1. The van der Waals surface area contributed by atoms with E-state index in [0.717, 1.165) is 12.0 Å². The van der Waals surface area contributed by atoms with Crippen LogP contribution in [0.15, 0.2) is 42.5 Å². The van der Waals surface area contributed by atoms with Crippen LogP contribution in [0, 0.1) is 11.8 Å². The van der Waals surface area contributed by atoms with Gasteiger partial charge in [0, 0.05) is 18.8 Å². The Morgan fingerprint density at radius 2 is 2.00 bits per heavy atom. The zero-order chi connectivity index (χ0) is 18.9. The number of ketones is 1. The first kappa shape index (κ1) is 19.9. The highest BCUT2D eigenvalue weighted by Gasteiger charge is 2.35. The quantitative estimate of drug-likeness (QED) is 0.684. The fraction of sp³-hybridized carbons (Fsp3) is 0.476. The maximum Gasteiger partial charge on any atom is 0.220 e. The average molecular weight is 356 g/mol.